The highest BCUT2D eigenvalue weighted by Crippen LogP contribution is 2.39. The minimum Gasteiger partial charge on any atom is -0.467 e. The number of carbonyl (C=O) groups is 3. The van der Waals surface area contributed by atoms with E-state index in [2.05, 4.69) is 5.32 Å². The molecule has 3 N–H and O–H groups in total. The van der Waals surface area contributed by atoms with E-state index in [1.54, 1.807) is 25.8 Å². The lowest BCUT2D eigenvalue weighted by atomic mass is 10.0. The SMILES string of the molecule is C[NH2+]CCN(C)C(=O)SSC(C)(C)C(NC(C)=O)C(=O)OC. The first-order valence-electron chi connectivity index (χ1n) is 6.89. The van der Waals surface area contributed by atoms with Gasteiger partial charge in [-0.15, -0.1) is 0 Å². The highest BCUT2D eigenvalue weighted by molar-refractivity contribution is 8.82. The standard InChI is InChI=1S/C13H25N3O4S2/c1-9(17)15-10(11(18)20-6)13(2,3)22-21-12(19)16(5)8-7-14-4/h10,14H,7-8H2,1-6H3,(H,15,17)/p+1. The summed E-state index contributed by atoms with van der Waals surface area (Å²) in [6.45, 7) is 6.39. The van der Waals surface area contributed by atoms with Crippen LogP contribution in [0.2, 0.25) is 0 Å². The van der Waals surface area contributed by atoms with Crippen LogP contribution >= 0.6 is 21.6 Å². The summed E-state index contributed by atoms with van der Waals surface area (Å²) in [7, 11) is 7.24. The molecule has 22 heavy (non-hydrogen) atoms. The zero-order valence-corrected chi connectivity index (χ0v) is 15.6. The molecule has 0 aromatic carbocycles. The molecule has 0 bridgehead atoms. The molecular formula is C13H26N3O4S2+. The van der Waals surface area contributed by atoms with Crippen molar-refractivity contribution in [2.75, 3.05) is 34.3 Å². The Morgan fingerprint density at radius 1 is 1.36 bits per heavy atom. The third-order valence-corrected chi connectivity index (χ3v) is 6.04. The van der Waals surface area contributed by atoms with Gasteiger partial charge >= 0.3 is 5.97 Å². The molecule has 128 valence electrons. The van der Waals surface area contributed by atoms with E-state index < -0.39 is 16.8 Å². The van der Waals surface area contributed by atoms with Crippen molar-refractivity contribution in [3.05, 3.63) is 0 Å². The lowest BCUT2D eigenvalue weighted by Gasteiger charge is -2.31. The average molecular weight is 353 g/mol. The Labute approximate surface area is 139 Å². The van der Waals surface area contributed by atoms with Crippen LogP contribution < -0.4 is 10.6 Å². The maximum absolute atomic E-state index is 12.0. The summed E-state index contributed by atoms with van der Waals surface area (Å²) >= 11 is 0. The quantitative estimate of drug-likeness (QED) is 0.474. The van der Waals surface area contributed by atoms with E-state index in [0.29, 0.717) is 6.54 Å². The van der Waals surface area contributed by atoms with E-state index in [1.807, 2.05) is 12.4 Å². The number of ether oxygens (including phenoxy) is 1. The average Bonchev–Trinajstić information content (AvgIpc) is 2.46. The molecule has 1 unspecified atom stereocenters. The Morgan fingerprint density at radius 3 is 2.41 bits per heavy atom. The molecule has 0 saturated heterocycles. The van der Waals surface area contributed by atoms with E-state index in [-0.39, 0.29) is 11.1 Å². The maximum Gasteiger partial charge on any atom is 0.329 e. The van der Waals surface area contributed by atoms with Gasteiger partial charge in [0, 0.05) is 24.8 Å². The molecule has 0 aliphatic carbocycles. The smallest absolute Gasteiger partial charge is 0.329 e. The molecule has 0 saturated carbocycles. The van der Waals surface area contributed by atoms with Gasteiger partial charge in [-0.25, -0.2) is 4.79 Å². The van der Waals surface area contributed by atoms with E-state index in [9.17, 15) is 14.4 Å². The Bertz CT molecular complexity index is 405. The highest BCUT2D eigenvalue weighted by atomic mass is 33.1. The first-order chi connectivity index (χ1) is 10.2. The van der Waals surface area contributed by atoms with Crippen LogP contribution in [0.3, 0.4) is 0 Å². The van der Waals surface area contributed by atoms with Crippen LogP contribution in [-0.2, 0) is 14.3 Å². The molecule has 9 heteroatoms. The van der Waals surface area contributed by atoms with Gasteiger partial charge in [0.05, 0.1) is 32.0 Å². The second-order valence-electron chi connectivity index (χ2n) is 5.31. The molecule has 0 aromatic heterocycles. The monoisotopic (exact) mass is 352 g/mol. The molecule has 7 nitrogen and oxygen atoms in total. The fraction of sp³-hybridized carbons (Fsp3) is 0.769. The molecule has 0 aliphatic heterocycles. The summed E-state index contributed by atoms with van der Waals surface area (Å²) < 4.78 is 4.03. The number of rotatable bonds is 8. The number of nitrogens with one attached hydrogen (secondary N) is 1. The van der Waals surface area contributed by atoms with E-state index >= 15 is 0 Å². The normalized spacial score (nSPS) is 12.5. The van der Waals surface area contributed by atoms with Crippen LogP contribution in [-0.4, -0.2) is 67.1 Å². The minimum absolute atomic E-state index is 0.0913. The molecule has 0 aliphatic rings. The fourth-order valence-corrected chi connectivity index (χ4v) is 3.79. The largest absolute Gasteiger partial charge is 0.467 e. The van der Waals surface area contributed by atoms with Gasteiger partial charge in [-0.1, -0.05) is 10.8 Å². The molecule has 0 aromatic rings. The molecular weight excluding hydrogens is 326 g/mol. The van der Waals surface area contributed by atoms with Gasteiger partial charge in [0.25, 0.3) is 5.24 Å². The summed E-state index contributed by atoms with van der Waals surface area (Å²) in [5, 5.41) is 4.48. The van der Waals surface area contributed by atoms with Crippen molar-refractivity contribution in [1.82, 2.24) is 10.2 Å². The molecule has 2 amide bonds. The van der Waals surface area contributed by atoms with Crippen LogP contribution in [0.1, 0.15) is 20.8 Å². The van der Waals surface area contributed by atoms with Crippen LogP contribution in [0.4, 0.5) is 4.79 Å². The lowest BCUT2D eigenvalue weighted by Crippen LogP contribution is -2.81. The van der Waals surface area contributed by atoms with Gasteiger partial charge in [-0.3, -0.25) is 9.59 Å². The first-order valence-corrected chi connectivity index (χ1v) is 9.04. The van der Waals surface area contributed by atoms with Gasteiger partial charge in [0.1, 0.15) is 6.04 Å². The van der Waals surface area contributed by atoms with Crippen molar-refractivity contribution < 1.29 is 24.4 Å². The number of esters is 1. The Morgan fingerprint density at radius 2 is 1.95 bits per heavy atom. The number of hydrogen-bond donors (Lipinski definition) is 2. The van der Waals surface area contributed by atoms with Gasteiger partial charge in [0.2, 0.25) is 5.91 Å². The molecule has 0 rings (SSSR count). The number of nitrogens with zero attached hydrogens (tertiary/aromatic N) is 1. The third-order valence-electron chi connectivity index (χ3n) is 2.87. The van der Waals surface area contributed by atoms with Gasteiger partial charge in [-0.2, -0.15) is 0 Å². The fourth-order valence-electron chi connectivity index (χ4n) is 1.51. The second kappa shape index (κ2) is 9.96. The maximum atomic E-state index is 12.0. The second-order valence-corrected chi connectivity index (χ2v) is 8.05. The summed E-state index contributed by atoms with van der Waals surface area (Å²) in [5.41, 5.74) is 0. The molecule has 0 fully saturated rings. The van der Waals surface area contributed by atoms with Gasteiger partial charge in [-0.05, 0) is 13.8 Å². The Hall–Kier alpha value is -0.930. The number of quaternary nitrogens is 1. The highest BCUT2D eigenvalue weighted by Gasteiger charge is 2.38. The predicted octanol–water partition coefficient (Wildman–Crippen LogP) is 0.0691. The summed E-state index contributed by atoms with van der Waals surface area (Å²) in [4.78, 5) is 36.8. The number of hydrogen-bond acceptors (Lipinski definition) is 6. The lowest BCUT2D eigenvalue weighted by molar-refractivity contribution is -0.626. The summed E-state index contributed by atoms with van der Waals surface area (Å²) in [5.74, 6) is -0.856. The number of amides is 2. The van der Waals surface area contributed by atoms with Crippen LogP contribution in [0, 0.1) is 0 Å². The first kappa shape index (κ1) is 21.1. The van der Waals surface area contributed by atoms with Crippen molar-refractivity contribution in [2.24, 2.45) is 0 Å². The number of carbonyl (C=O) groups excluding carboxylic acids is 3. The topological polar surface area (TPSA) is 92.3 Å². The molecule has 0 heterocycles. The zero-order valence-electron chi connectivity index (χ0n) is 14.0. The summed E-state index contributed by atoms with van der Waals surface area (Å²) in [6, 6.07) is -0.824. The minimum atomic E-state index is -0.824. The van der Waals surface area contributed by atoms with Crippen LogP contribution in [0.5, 0.6) is 0 Å². The zero-order chi connectivity index (χ0) is 17.3. The third kappa shape index (κ3) is 7.37. The molecule has 1 atom stereocenters. The van der Waals surface area contributed by atoms with Crippen LogP contribution in [0.15, 0.2) is 0 Å². The van der Waals surface area contributed by atoms with Gasteiger partial charge in [0.15, 0.2) is 0 Å². The Kier molecular flexibility index (Phi) is 9.54. The number of nitrogens with two attached hydrogens (primary N) is 1. The molecule has 0 spiro atoms. The van der Waals surface area contributed by atoms with Crippen molar-refractivity contribution in [1.29, 1.82) is 0 Å². The van der Waals surface area contributed by atoms with Crippen molar-refractivity contribution in [3.63, 3.8) is 0 Å². The van der Waals surface area contributed by atoms with Crippen LogP contribution in [0.25, 0.3) is 0 Å². The van der Waals surface area contributed by atoms with Crippen molar-refractivity contribution in [3.8, 4) is 0 Å². The Balaban J connectivity index is 4.72. The summed E-state index contributed by atoms with van der Waals surface area (Å²) in [6.07, 6.45) is 0. The van der Waals surface area contributed by atoms with E-state index in [4.69, 9.17) is 4.74 Å². The number of methoxy groups -OCH3 is 1. The number of likely N-dealkylation sites (N-methyl/N-ethyl adjacent to an activating group) is 2. The molecule has 0 radical (unpaired) electrons. The van der Waals surface area contributed by atoms with Crippen molar-refractivity contribution >= 4 is 38.7 Å². The van der Waals surface area contributed by atoms with E-state index in [0.717, 1.165) is 17.3 Å². The van der Waals surface area contributed by atoms with Gasteiger partial charge < -0.3 is 20.3 Å². The van der Waals surface area contributed by atoms with E-state index in [1.165, 1.54) is 24.8 Å². The predicted molar refractivity (Wildman–Crippen MR) is 89.6 cm³/mol. The van der Waals surface area contributed by atoms with Crippen molar-refractivity contribution in [2.45, 2.75) is 31.6 Å².